The summed E-state index contributed by atoms with van der Waals surface area (Å²) >= 11 is 0. The molecule has 0 aromatic rings. The van der Waals surface area contributed by atoms with Gasteiger partial charge in [-0.3, -0.25) is 4.79 Å². The van der Waals surface area contributed by atoms with Gasteiger partial charge >= 0.3 is 12.1 Å². The summed E-state index contributed by atoms with van der Waals surface area (Å²) in [5, 5.41) is 3.49. The number of carbonyl (C=O) groups is 2. The molecule has 0 spiro atoms. The van der Waals surface area contributed by atoms with Crippen LogP contribution < -0.4 is 0 Å². The van der Waals surface area contributed by atoms with E-state index < -0.39 is 5.60 Å². The SMILES string of the molecule is COC(=O)CCCCCCCCCN(CCN=[N+]=[N-])C(=O)OC(C)(C)C. The van der Waals surface area contributed by atoms with Crippen LogP contribution in [0.1, 0.15) is 72.1 Å². The topological polar surface area (TPSA) is 105 Å². The third kappa shape index (κ3) is 14.4. The van der Waals surface area contributed by atoms with Crippen molar-refractivity contribution in [3.63, 3.8) is 0 Å². The zero-order valence-electron chi connectivity index (χ0n) is 16.7. The molecule has 0 aromatic heterocycles. The van der Waals surface area contributed by atoms with Gasteiger partial charge in [-0.2, -0.15) is 0 Å². The Morgan fingerprint density at radius 1 is 1.00 bits per heavy atom. The van der Waals surface area contributed by atoms with Crippen molar-refractivity contribution in [2.45, 2.75) is 77.7 Å². The maximum atomic E-state index is 12.2. The van der Waals surface area contributed by atoms with E-state index in [1.807, 2.05) is 20.8 Å². The molecule has 0 saturated carbocycles. The van der Waals surface area contributed by atoms with Crippen LogP contribution in [0.3, 0.4) is 0 Å². The summed E-state index contributed by atoms with van der Waals surface area (Å²) in [5.74, 6) is -0.145. The standard InChI is InChI=1S/C18H34N4O4/c1-18(2,3)26-17(24)22(15-13-20-21-19)14-11-9-7-5-6-8-10-12-16(23)25-4/h5-15H2,1-4H3. The third-order valence-corrected chi connectivity index (χ3v) is 3.72. The molecule has 0 aliphatic rings. The molecule has 0 saturated heterocycles. The molecule has 0 heterocycles. The highest BCUT2D eigenvalue weighted by molar-refractivity contribution is 5.69. The second-order valence-electron chi connectivity index (χ2n) is 7.22. The molecule has 0 fully saturated rings. The van der Waals surface area contributed by atoms with Crippen LogP contribution >= 0.6 is 0 Å². The first-order chi connectivity index (χ1) is 12.3. The highest BCUT2D eigenvalue weighted by atomic mass is 16.6. The predicted octanol–water partition coefficient (Wildman–Crippen LogP) is 4.83. The number of nitrogens with zero attached hydrogens (tertiary/aromatic N) is 4. The monoisotopic (exact) mass is 370 g/mol. The molecule has 0 rings (SSSR count). The number of azide groups is 1. The average Bonchev–Trinajstić information content (AvgIpc) is 2.56. The van der Waals surface area contributed by atoms with Gasteiger partial charge in [0.2, 0.25) is 0 Å². The van der Waals surface area contributed by atoms with Crippen LogP contribution in [0, 0.1) is 0 Å². The van der Waals surface area contributed by atoms with Crippen molar-refractivity contribution >= 4 is 12.1 Å². The Balaban J connectivity index is 3.96. The maximum Gasteiger partial charge on any atom is 0.410 e. The van der Waals surface area contributed by atoms with Crippen LogP contribution in [0.15, 0.2) is 5.11 Å². The number of ether oxygens (including phenoxy) is 2. The van der Waals surface area contributed by atoms with Crippen LogP contribution in [0.2, 0.25) is 0 Å². The summed E-state index contributed by atoms with van der Waals surface area (Å²) in [4.78, 5) is 27.5. The molecule has 0 aliphatic carbocycles. The molecule has 0 unspecified atom stereocenters. The van der Waals surface area contributed by atoms with E-state index >= 15 is 0 Å². The molecule has 150 valence electrons. The van der Waals surface area contributed by atoms with Crippen molar-refractivity contribution in [1.29, 1.82) is 0 Å². The Morgan fingerprint density at radius 2 is 1.58 bits per heavy atom. The zero-order valence-corrected chi connectivity index (χ0v) is 16.7. The van der Waals surface area contributed by atoms with Crippen molar-refractivity contribution in [1.82, 2.24) is 4.90 Å². The van der Waals surface area contributed by atoms with E-state index in [1.54, 1.807) is 4.90 Å². The van der Waals surface area contributed by atoms with Gasteiger partial charge < -0.3 is 14.4 Å². The van der Waals surface area contributed by atoms with Gasteiger partial charge in [-0.05, 0) is 39.1 Å². The Morgan fingerprint density at radius 3 is 2.12 bits per heavy atom. The van der Waals surface area contributed by atoms with Crippen molar-refractivity contribution in [2.75, 3.05) is 26.7 Å². The van der Waals surface area contributed by atoms with E-state index in [-0.39, 0.29) is 18.6 Å². The van der Waals surface area contributed by atoms with Crippen molar-refractivity contribution in [2.24, 2.45) is 5.11 Å². The van der Waals surface area contributed by atoms with Crippen molar-refractivity contribution < 1.29 is 19.1 Å². The van der Waals surface area contributed by atoms with Crippen LogP contribution in [-0.2, 0) is 14.3 Å². The van der Waals surface area contributed by atoms with Crippen molar-refractivity contribution in [3.05, 3.63) is 10.4 Å². The van der Waals surface area contributed by atoms with E-state index in [0.717, 1.165) is 44.9 Å². The van der Waals surface area contributed by atoms with Gasteiger partial charge in [0.1, 0.15) is 5.60 Å². The lowest BCUT2D eigenvalue weighted by atomic mass is 10.1. The maximum absolute atomic E-state index is 12.2. The molecule has 0 radical (unpaired) electrons. The van der Waals surface area contributed by atoms with E-state index in [9.17, 15) is 9.59 Å². The largest absolute Gasteiger partial charge is 0.469 e. The summed E-state index contributed by atoms with van der Waals surface area (Å²) in [6.45, 7) is 6.70. The molecular weight excluding hydrogens is 336 g/mol. The molecular formula is C18H34N4O4. The molecule has 0 bridgehead atoms. The van der Waals surface area contributed by atoms with Gasteiger partial charge in [-0.25, -0.2) is 4.79 Å². The number of hydrogen-bond acceptors (Lipinski definition) is 5. The summed E-state index contributed by atoms with van der Waals surface area (Å²) in [6.07, 6.45) is 7.26. The summed E-state index contributed by atoms with van der Waals surface area (Å²) in [7, 11) is 1.41. The second-order valence-corrected chi connectivity index (χ2v) is 7.22. The fourth-order valence-corrected chi connectivity index (χ4v) is 2.39. The zero-order chi connectivity index (χ0) is 19.8. The first-order valence-corrected chi connectivity index (χ1v) is 9.35. The molecule has 1 amide bonds. The van der Waals surface area contributed by atoms with Gasteiger partial charge in [0.05, 0.1) is 7.11 Å². The fraction of sp³-hybridized carbons (Fsp3) is 0.889. The van der Waals surface area contributed by atoms with Crippen LogP contribution in [0.25, 0.3) is 10.4 Å². The Bertz CT molecular complexity index is 457. The van der Waals surface area contributed by atoms with Gasteiger partial charge in [-0.1, -0.05) is 37.2 Å². The van der Waals surface area contributed by atoms with E-state index in [2.05, 4.69) is 14.8 Å². The molecule has 0 N–H and O–H groups in total. The minimum absolute atomic E-state index is 0.145. The van der Waals surface area contributed by atoms with Gasteiger partial charge in [-0.15, -0.1) is 0 Å². The highest BCUT2D eigenvalue weighted by Crippen LogP contribution is 2.12. The minimum Gasteiger partial charge on any atom is -0.469 e. The highest BCUT2D eigenvalue weighted by Gasteiger charge is 2.21. The lowest BCUT2D eigenvalue weighted by Crippen LogP contribution is -2.38. The number of unbranched alkanes of at least 4 members (excludes halogenated alkanes) is 6. The van der Waals surface area contributed by atoms with Gasteiger partial charge in [0.15, 0.2) is 0 Å². The minimum atomic E-state index is -0.544. The fourth-order valence-electron chi connectivity index (χ4n) is 2.39. The Labute approximate surface area is 156 Å². The molecule has 0 aliphatic heterocycles. The first-order valence-electron chi connectivity index (χ1n) is 9.35. The Hall–Kier alpha value is -1.95. The normalized spacial score (nSPS) is 10.8. The van der Waals surface area contributed by atoms with Gasteiger partial charge in [0, 0.05) is 31.0 Å². The summed E-state index contributed by atoms with van der Waals surface area (Å²) < 4.78 is 10.0. The summed E-state index contributed by atoms with van der Waals surface area (Å²) in [6, 6.07) is 0. The lowest BCUT2D eigenvalue weighted by molar-refractivity contribution is -0.140. The number of esters is 1. The average molecular weight is 370 g/mol. The van der Waals surface area contributed by atoms with E-state index in [0.29, 0.717) is 19.5 Å². The smallest absolute Gasteiger partial charge is 0.410 e. The van der Waals surface area contributed by atoms with Gasteiger partial charge in [0.25, 0.3) is 0 Å². The van der Waals surface area contributed by atoms with Crippen LogP contribution in [0.4, 0.5) is 4.79 Å². The molecule has 0 aromatic carbocycles. The first kappa shape index (κ1) is 24.1. The molecule has 0 atom stereocenters. The number of rotatable bonds is 13. The quantitative estimate of drug-likeness (QED) is 0.152. The van der Waals surface area contributed by atoms with E-state index in [4.69, 9.17) is 10.3 Å². The van der Waals surface area contributed by atoms with Crippen molar-refractivity contribution in [3.8, 4) is 0 Å². The van der Waals surface area contributed by atoms with Crippen LogP contribution in [-0.4, -0.2) is 49.3 Å². The lowest BCUT2D eigenvalue weighted by Gasteiger charge is -2.27. The number of amides is 1. The second kappa shape index (κ2) is 14.2. The summed E-state index contributed by atoms with van der Waals surface area (Å²) in [5.41, 5.74) is 7.84. The Kier molecular flexibility index (Phi) is 13.2. The van der Waals surface area contributed by atoms with Crippen LogP contribution in [0.5, 0.6) is 0 Å². The van der Waals surface area contributed by atoms with E-state index in [1.165, 1.54) is 7.11 Å². The molecule has 8 heteroatoms. The number of hydrogen-bond donors (Lipinski definition) is 0. The molecule has 26 heavy (non-hydrogen) atoms. The third-order valence-electron chi connectivity index (χ3n) is 3.72. The molecule has 8 nitrogen and oxygen atoms in total. The number of methoxy groups -OCH3 is 1. The predicted molar refractivity (Wildman–Crippen MR) is 101 cm³/mol. The number of carbonyl (C=O) groups excluding carboxylic acids is 2.